The van der Waals surface area contributed by atoms with Crippen LogP contribution in [0.15, 0.2) is 84.9 Å². The van der Waals surface area contributed by atoms with E-state index in [0.717, 1.165) is 96.4 Å². The summed E-state index contributed by atoms with van der Waals surface area (Å²) in [6.07, 6.45) is 4.54. The van der Waals surface area contributed by atoms with Crippen LogP contribution in [0.1, 0.15) is 43.2 Å². The first kappa shape index (κ1) is 40.7. The summed E-state index contributed by atoms with van der Waals surface area (Å²) >= 11 is 0. The summed E-state index contributed by atoms with van der Waals surface area (Å²) in [5, 5.41) is 25.6. The van der Waals surface area contributed by atoms with Crippen LogP contribution in [0.4, 0.5) is 16.4 Å². The summed E-state index contributed by atoms with van der Waals surface area (Å²) in [7, 11) is 0. The summed E-state index contributed by atoms with van der Waals surface area (Å²) in [5.41, 5.74) is 11.2. The van der Waals surface area contributed by atoms with Gasteiger partial charge in [0.15, 0.2) is 11.6 Å². The number of carbonyl (C=O) groups is 1. The van der Waals surface area contributed by atoms with Gasteiger partial charge in [0.25, 0.3) is 0 Å². The number of fused-ring (bicyclic) bond motifs is 2. The summed E-state index contributed by atoms with van der Waals surface area (Å²) in [6.45, 7) is 10.0. The van der Waals surface area contributed by atoms with Gasteiger partial charge in [-0.15, -0.1) is 0 Å². The molecule has 13 nitrogen and oxygen atoms in total. The average molecular weight is 811 g/mol. The molecule has 4 aromatic carbocycles. The molecular formula is C47H54N8O5. The van der Waals surface area contributed by atoms with Crippen LogP contribution in [0, 0.1) is 25.7 Å². The maximum absolute atomic E-state index is 12.2. The Balaban J connectivity index is 0.000000172. The molecule has 3 saturated heterocycles. The summed E-state index contributed by atoms with van der Waals surface area (Å²) in [6, 6.07) is 26.8. The van der Waals surface area contributed by atoms with Gasteiger partial charge in [-0.25, -0.2) is 24.7 Å². The van der Waals surface area contributed by atoms with Gasteiger partial charge in [-0.05, 0) is 118 Å². The number of aryl methyl sites for hydroxylation is 2. The molecule has 0 radical (unpaired) electrons. The number of phenolic OH excluding ortho intramolecular Hbond substituents is 2. The Labute approximate surface area is 350 Å². The third kappa shape index (κ3) is 9.37. The van der Waals surface area contributed by atoms with E-state index in [-0.39, 0.29) is 29.6 Å². The molecule has 0 spiro atoms. The molecule has 3 fully saturated rings. The highest BCUT2D eigenvalue weighted by Gasteiger charge is 2.27. The number of phenols is 2. The molecule has 0 aliphatic carbocycles. The highest BCUT2D eigenvalue weighted by atomic mass is 16.6. The Morgan fingerprint density at radius 1 is 0.750 bits per heavy atom. The fourth-order valence-electron chi connectivity index (χ4n) is 8.39. The van der Waals surface area contributed by atoms with Crippen molar-refractivity contribution in [2.24, 2.45) is 17.6 Å². The van der Waals surface area contributed by atoms with Gasteiger partial charge in [-0.3, -0.25) is 0 Å². The number of alkyl carbamates (subject to hydrolysis) is 1. The van der Waals surface area contributed by atoms with Gasteiger partial charge in [-0.1, -0.05) is 36.4 Å². The molecule has 5 heterocycles. The molecule has 0 bridgehead atoms. The van der Waals surface area contributed by atoms with E-state index in [0.29, 0.717) is 55.0 Å². The first-order valence-corrected chi connectivity index (χ1v) is 21.1. The van der Waals surface area contributed by atoms with Gasteiger partial charge in [0.05, 0.1) is 35.4 Å². The number of benzene rings is 4. The van der Waals surface area contributed by atoms with Crippen molar-refractivity contribution >= 4 is 39.5 Å². The number of hydrogen-bond acceptors (Lipinski definition) is 12. The van der Waals surface area contributed by atoms with Crippen molar-refractivity contribution in [3.8, 4) is 34.3 Å². The SMILES string of the molecule is Cc1ccc2c(N3CCCC(CN)C3)nc(-c3ccccc3O)nc2c1.Cc1ccc2c(N3CCCC(CNC(=O)O[C@H]4CCOC4)C3)nc(-c3ccccc3O)nc2c1. The molecule has 312 valence electrons. The Morgan fingerprint density at radius 2 is 1.28 bits per heavy atom. The number of aromatic nitrogens is 4. The van der Waals surface area contributed by atoms with Crippen LogP contribution < -0.4 is 20.9 Å². The zero-order chi connectivity index (χ0) is 41.6. The smallest absolute Gasteiger partial charge is 0.407 e. The van der Waals surface area contributed by atoms with E-state index in [4.69, 9.17) is 35.1 Å². The Hall–Kier alpha value is -6.05. The molecule has 3 aliphatic rings. The lowest BCUT2D eigenvalue weighted by molar-refractivity contribution is 0.0821. The number of amides is 1. The highest BCUT2D eigenvalue weighted by Crippen LogP contribution is 2.35. The van der Waals surface area contributed by atoms with Gasteiger partial charge < -0.3 is 40.5 Å². The van der Waals surface area contributed by atoms with Crippen LogP contribution in [-0.2, 0) is 9.47 Å². The number of anilines is 2. The first-order valence-electron chi connectivity index (χ1n) is 21.1. The minimum atomic E-state index is -0.377. The van der Waals surface area contributed by atoms with E-state index >= 15 is 0 Å². The lowest BCUT2D eigenvalue weighted by Gasteiger charge is -2.34. The first-order chi connectivity index (χ1) is 29.2. The number of aromatic hydroxyl groups is 2. The van der Waals surface area contributed by atoms with E-state index < -0.39 is 0 Å². The van der Waals surface area contributed by atoms with Crippen LogP contribution in [0.5, 0.6) is 11.5 Å². The van der Waals surface area contributed by atoms with E-state index in [9.17, 15) is 15.0 Å². The van der Waals surface area contributed by atoms with Gasteiger partial charge >= 0.3 is 6.09 Å². The number of carbonyl (C=O) groups excluding carboxylic acids is 1. The van der Waals surface area contributed by atoms with Crippen molar-refractivity contribution in [3.63, 3.8) is 0 Å². The monoisotopic (exact) mass is 810 g/mol. The largest absolute Gasteiger partial charge is 0.507 e. The molecule has 0 saturated carbocycles. The molecule has 3 atom stereocenters. The number of ether oxygens (including phenoxy) is 2. The quantitative estimate of drug-likeness (QED) is 0.119. The second-order valence-electron chi connectivity index (χ2n) is 16.2. The predicted molar refractivity (Wildman–Crippen MR) is 235 cm³/mol. The predicted octanol–water partition coefficient (Wildman–Crippen LogP) is 7.53. The molecule has 5 N–H and O–H groups in total. The number of nitrogens with zero attached hydrogens (tertiary/aromatic N) is 6. The van der Waals surface area contributed by atoms with Crippen LogP contribution in [0.25, 0.3) is 44.6 Å². The van der Waals surface area contributed by atoms with E-state index in [1.54, 1.807) is 24.3 Å². The van der Waals surface area contributed by atoms with Crippen LogP contribution in [-0.4, -0.2) is 94.8 Å². The fourth-order valence-corrected chi connectivity index (χ4v) is 8.39. The topological polar surface area (TPSA) is 172 Å². The molecule has 1 amide bonds. The summed E-state index contributed by atoms with van der Waals surface area (Å²) < 4.78 is 10.7. The minimum absolute atomic E-state index is 0.147. The van der Waals surface area contributed by atoms with Crippen molar-refractivity contribution in [1.29, 1.82) is 0 Å². The lowest BCUT2D eigenvalue weighted by Crippen LogP contribution is -2.42. The normalized spacial score (nSPS) is 19.2. The maximum atomic E-state index is 12.2. The Bertz CT molecular complexity index is 2460. The average Bonchev–Trinajstić information content (AvgIpc) is 3.78. The number of nitrogens with two attached hydrogens (primary N) is 1. The molecule has 2 aromatic heterocycles. The maximum Gasteiger partial charge on any atom is 0.407 e. The Kier molecular flexibility index (Phi) is 12.5. The molecule has 3 aliphatic heterocycles. The number of para-hydroxylation sites is 2. The zero-order valence-electron chi connectivity index (χ0n) is 34.4. The second-order valence-corrected chi connectivity index (χ2v) is 16.2. The second kappa shape index (κ2) is 18.5. The van der Waals surface area contributed by atoms with Gasteiger partial charge in [0.1, 0.15) is 29.2 Å². The molecule has 9 rings (SSSR count). The zero-order valence-corrected chi connectivity index (χ0v) is 34.4. The van der Waals surface area contributed by atoms with E-state index in [2.05, 4.69) is 58.4 Å². The van der Waals surface area contributed by atoms with Crippen LogP contribution in [0.3, 0.4) is 0 Å². The standard InChI is InChI=1S/C26H30N4O4.C21H24N4O/c1-17-8-9-20-22(13-17)28-24(21-6-2-3-7-23(21)31)29-25(20)30-11-4-5-18(15-30)14-27-26(32)34-19-10-12-33-16-19;1-14-8-9-16-18(11-14)23-20(17-6-2-3-7-19(17)26)24-21(16)25-10-4-5-15(12-22)13-25/h2-3,6-9,13,18-19,31H,4-5,10-12,14-16H2,1H3,(H,27,32);2-3,6-9,11,15,26H,4-5,10,12-13,22H2,1H3/t18?,19-;/m0./s1. The molecular weight excluding hydrogens is 757 g/mol. The molecule has 2 unspecified atom stereocenters. The molecule has 60 heavy (non-hydrogen) atoms. The van der Waals surface area contributed by atoms with Crippen molar-refractivity contribution in [1.82, 2.24) is 25.3 Å². The van der Waals surface area contributed by atoms with E-state index in [1.807, 2.05) is 31.2 Å². The van der Waals surface area contributed by atoms with Crippen LogP contribution >= 0.6 is 0 Å². The van der Waals surface area contributed by atoms with Gasteiger partial charge in [0, 0.05) is 49.9 Å². The Morgan fingerprint density at radius 3 is 1.80 bits per heavy atom. The molecule has 13 heteroatoms. The lowest BCUT2D eigenvalue weighted by atomic mass is 9.97. The molecule has 6 aromatic rings. The van der Waals surface area contributed by atoms with Crippen molar-refractivity contribution in [3.05, 3.63) is 96.1 Å². The highest BCUT2D eigenvalue weighted by molar-refractivity contribution is 5.93. The number of piperidine rings is 2. The van der Waals surface area contributed by atoms with E-state index in [1.165, 1.54) is 6.42 Å². The summed E-state index contributed by atoms with van der Waals surface area (Å²) in [4.78, 5) is 36.1. The fraction of sp³-hybridized carbons (Fsp3) is 0.383. The number of nitrogens with one attached hydrogen (secondary N) is 1. The third-order valence-electron chi connectivity index (χ3n) is 11.6. The third-order valence-corrected chi connectivity index (χ3v) is 11.6. The van der Waals surface area contributed by atoms with Crippen LogP contribution in [0.2, 0.25) is 0 Å². The van der Waals surface area contributed by atoms with Gasteiger partial charge in [-0.2, -0.15) is 0 Å². The van der Waals surface area contributed by atoms with Crippen molar-refractivity contribution in [2.75, 3.05) is 62.3 Å². The van der Waals surface area contributed by atoms with Crippen molar-refractivity contribution in [2.45, 2.75) is 52.1 Å². The minimum Gasteiger partial charge on any atom is -0.507 e. The number of hydrogen-bond donors (Lipinski definition) is 4. The van der Waals surface area contributed by atoms with Crippen molar-refractivity contribution < 1.29 is 24.5 Å². The van der Waals surface area contributed by atoms with Gasteiger partial charge in [0.2, 0.25) is 0 Å². The number of rotatable bonds is 8. The summed E-state index contributed by atoms with van der Waals surface area (Å²) in [5.74, 6) is 4.00.